The summed E-state index contributed by atoms with van der Waals surface area (Å²) in [6, 6.07) is 6.40. The number of hydrogen-bond donors (Lipinski definition) is 1. The first-order chi connectivity index (χ1) is 15.6. The molecule has 32 heavy (non-hydrogen) atoms. The van der Waals surface area contributed by atoms with Crippen LogP contribution in [0.25, 0.3) is 0 Å². The molecule has 0 amide bonds. The van der Waals surface area contributed by atoms with Crippen LogP contribution >= 0.6 is 0 Å². The van der Waals surface area contributed by atoms with Gasteiger partial charge in [-0.1, -0.05) is 23.3 Å². The molecule has 2 aliphatic rings. The Morgan fingerprint density at radius 1 is 1.22 bits per heavy atom. The number of benzene rings is 1. The summed E-state index contributed by atoms with van der Waals surface area (Å²) in [4.78, 5) is 6.93. The molecule has 4 heterocycles. The zero-order valence-electron chi connectivity index (χ0n) is 18.3. The van der Waals surface area contributed by atoms with Crippen LogP contribution in [0.15, 0.2) is 35.3 Å². The van der Waals surface area contributed by atoms with Crippen LogP contribution < -0.4 is 10.2 Å². The van der Waals surface area contributed by atoms with Gasteiger partial charge in [-0.3, -0.25) is 0 Å². The minimum absolute atomic E-state index is 0.0571. The summed E-state index contributed by atoms with van der Waals surface area (Å²) in [5, 5.41) is 16.2. The number of halogens is 1. The summed E-state index contributed by atoms with van der Waals surface area (Å²) in [6.07, 6.45) is 6.07. The van der Waals surface area contributed by atoms with Crippen molar-refractivity contribution in [2.45, 2.75) is 57.5 Å². The summed E-state index contributed by atoms with van der Waals surface area (Å²) in [7, 11) is 0. The van der Waals surface area contributed by atoms with Crippen molar-refractivity contribution in [3.05, 3.63) is 59.5 Å². The van der Waals surface area contributed by atoms with Crippen LogP contribution in [0.3, 0.4) is 0 Å². The molecule has 8 nitrogen and oxygen atoms in total. The smallest absolute Gasteiger partial charge is 0.318 e. The van der Waals surface area contributed by atoms with E-state index in [-0.39, 0.29) is 17.8 Å². The van der Waals surface area contributed by atoms with E-state index in [2.05, 4.69) is 27.0 Å². The highest BCUT2D eigenvalue weighted by molar-refractivity contribution is 5.35. The molecule has 168 valence electrons. The van der Waals surface area contributed by atoms with E-state index >= 15 is 0 Å². The van der Waals surface area contributed by atoms with E-state index in [0.717, 1.165) is 56.7 Å². The minimum atomic E-state index is -0.180. The standard InChI is InChI=1S/C23H28FN7O/c1-3-5-16-7-8-17(14-20(16)24)19-6-4-11-31-21(19)26-22(29-31)25-18-9-12-30(13-10-18)23-28-27-15(2)32-23/h3,7-8,14,18-19H,1,4-6,9-13H2,2H3,(H,25,29). The van der Waals surface area contributed by atoms with E-state index in [9.17, 15) is 4.39 Å². The molecule has 0 bridgehead atoms. The van der Waals surface area contributed by atoms with Gasteiger partial charge < -0.3 is 14.6 Å². The molecule has 1 aromatic carbocycles. The summed E-state index contributed by atoms with van der Waals surface area (Å²) < 4.78 is 22.0. The predicted molar refractivity (Wildman–Crippen MR) is 119 cm³/mol. The van der Waals surface area contributed by atoms with E-state index in [1.807, 2.05) is 16.8 Å². The Kier molecular flexibility index (Phi) is 5.63. The number of rotatable bonds is 6. The van der Waals surface area contributed by atoms with Crippen LogP contribution in [0.1, 0.15) is 54.4 Å². The number of allylic oxidation sites excluding steroid dienone is 1. The van der Waals surface area contributed by atoms with Crippen molar-refractivity contribution in [1.29, 1.82) is 0 Å². The molecule has 1 N–H and O–H groups in total. The second kappa shape index (κ2) is 8.72. The van der Waals surface area contributed by atoms with Gasteiger partial charge in [0.1, 0.15) is 11.6 Å². The fourth-order valence-corrected chi connectivity index (χ4v) is 4.64. The van der Waals surface area contributed by atoms with E-state index in [1.54, 1.807) is 19.1 Å². The summed E-state index contributed by atoms with van der Waals surface area (Å²) in [5.41, 5.74) is 1.63. The lowest BCUT2D eigenvalue weighted by atomic mass is 9.90. The highest BCUT2D eigenvalue weighted by atomic mass is 19.1. The highest BCUT2D eigenvalue weighted by Gasteiger charge is 2.28. The van der Waals surface area contributed by atoms with Crippen LogP contribution in [0.4, 0.5) is 16.4 Å². The maximum absolute atomic E-state index is 14.5. The number of anilines is 2. The van der Waals surface area contributed by atoms with Crippen molar-refractivity contribution in [1.82, 2.24) is 25.0 Å². The lowest BCUT2D eigenvalue weighted by Gasteiger charge is -2.30. The Labute approximate surface area is 186 Å². The third kappa shape index (κ3) is 4.11. The zero-order chi connectivity index (χ0) is 22.1. The Bertz CT molecular complexity index is 1100. The van der Waals surface area contributed by atoms with Gasteiger partial charge in [0.05, 0.1) is 0 Å². The van der Waals surface area contributed by atoms with Crippen molar-refractivity contribution >= 4 is 12.0 Å². The van der Waals surface area contributed by atoms with Gasteiger partial charge in [0.25, 0.3) is 0 Å². The first-order valence-electron chi connectivity index (χ1n) is 11.3. The number of fused-ring (bicyclic) bond motifs is 1. The lowest BCUT2D eigenvalue weighted by molar-refractivity contribution is 0.444. The largest absolute Gasteiger partial charge is 0.408 e. The molecule has 0 spiro atoms. The van der Waals surface area contributed by atoms with Crippen molar-refractivity contribution < 1.29 is 8.81 Å². The molecule has 1 saturated heterocycles. The molecule has 1 atom stereocenters. The highest BCUT2D eigenvalue weighted by Crippen LogP contribution is 2.34. The summed E-state index contributed by atoms with van der Waals surface area (Å²) in [5.74, 6) is 2.02. The number of hydrogen-bond acceptors (Lipinski definition) is 7. The fraction of sp³-hybridized carbons (Fsp3) is 0.478. The van der Waals surface area contributed by atoms with E-state index in [4.69, 9.17) is 14.5 Å². The molecule has 3 aromatic rings. The first kappa shape index (κ1) is 20.7. The Balaban J connectivity index is 1.27. The van der Waals surface area contributed by atoms with Gasteiger partial charge in [0.15, 0.2) is 0 Å². The SMILES string of the molecule is C=CCc1ccc(C2CCCn3nc(NC4CCN(c5nnc(C)o5)CC4)nc32)cc1F. The number of aryl methyl sites for hydroxylation is 2. The number of piperidine rings is 1. The second-order valence-electron chi connectivity index (χ2n) is 8.56. The molecule has 5 rings (SSSR count). The number of aromatic nitrogens is 5. The zero-order valence-corrected chi connectivity index (χ0v) is 18.3. The summed E-state index contributed by atoms with van der Waals surface area (Å²) >= 11 is 0. The van der Waals surface area contributed by atoms with Crippen LogP contribution in [-0.2, 0) is 13.0 Å². The number of nitrogens with one attached hydrogen (secondary N) is 1. The second-order valence-corrected chi connectivity index (χ2v) is 8.56. The maximum Gasteiger partial charge on any atom is 0.318 e. The predicted octanol–water partition coefficient (Wildman–Crippen LogP) is 3.84. The average molecular weight is 438 g/mol. The van der Waals surface area contributed by atoms with Crippen LogP contribution in [0.2, 0.25) is 0 Å². The van der Waals surface area contributed by atoms with Gasteiger partial charge in [0.2, 0.25) is 11.8 Å². The molecule has 2 aromatic heterocycles. The average Bonchev–Trinajstić information content (AvgIpc) is 3.41. The Morgan fingerprint density at radius 3 is 2.78 bits per heavy atom. The van der Waals surface area contributed by atoms with Crippen molar-refractivity contribution in [3.8, 4) is 0 Å². The van der Waals surface area contributed by atoms with Crippen LogP contribution in [-0.4, -0.2) is 44.1 Å². The molecule has 0 radical (unpaired) electrons. The van der Waals surface area contributed by atoms with Gasteiger partial charge in [0, 0.05) is 38.5 Å². The third-order valence-electron chi connectivity index (χ3n) is 6.33. The minimum Gasteiger partial charge on any atom is -0.408 e. The van der Waals surface area contributed by atoms with Gasteiger partial charge >= 0.3 is 6.01 Å². The molecule has 0 saturated carbocycles. The number of nitrogens with zero attached hydrogens (tertiary/aromatic N) is 6. The van der Waals surface area contributed by atoms with Crippen LogP contribution in [0.5, 0.6) is 0 Å². The quantitative estimate of drug-likeness (QED) is 0.587. The normalized spacial score (nSPS) is 19.1. The van der Waals surface area contributed by atoms with Crippen molar-refractivity contribution in [3.63, 3.8) is 0 Å². The van der Waals surface area contributed by atoms with Gasteiger partial charge in [-0.15, -0.1) is 16.8 Å². The molecule has 9 heteroatoms. The molecular formula is C23H28FN7O. The van der Waals surface area contributed by atoms with Crippen molar-refractivity contribution in [2.24, 2.45) is 0 Å². The topological polar surface area (TPSA) is 84.9 Å². The molecular weight excluding hydrogens is 409 g/mol. The van der Waals surface area contributed by atoms with Gasteiger partial charge in [-0.25, -0.2) is 9.07 Å². The molecule has 0 aliphatic carbocycles. The van der Waals surface area contributed by atoms with Gasteiger partial charge in [-0.2, -0.15) is 4.98 Å². The Morgan fingerprint density at radius 2 is 2.06 bits per heavy atom. The van der Waals surface area contributed by atoms with Gasteiger partial charge in [-0.05, 0) is 49.3 Å². The third-order valence-corrected chi connectivity index (χ3v) is 6.33. The monoisotopic (exact) mass is 437 g/mol. The lowest BCUT2D eigenvalue weighted by Crippen LogP contribution is -2.39. The molecule has 1 unspecified atom stereocenters. The first-order valence-corrected chi connectivity index (χ1v) is 11.3. The summed E-state index contributed by atoms with van der Waals surface area (Å²) in [6.45, 7) is 8.02. The van der Waals surface area contributed by atoms with Crippen molar-refractivity contribution in [2.75, 3.05) is 23.3 Å². The molecule has 1 fully saturated rings. The maximum atomic E-state index is 14.5. The van der Waals surface area contributed by atoms with Crippen LogP contribution in [0, 0.1) is 12.7 Å². The van der Waals surface area contributed by atoms with E-state index in [1.165, 1.54) is 0 Å². The Hall–Kier alpha value is -3.23. The molecule has 2 aliphatic heterocycles. The van der Waals surface area contributed by atoms with E-state index in [0.29, 0.717) is 29.8 Å². The fourth-order valence-electron chi connectivity index (χ4n) is 4.64. The van der Waals surface area contributed by atoms with E-state index < -0.39 is 0 Å².